The predicted molar refractivity (Wildman–Crippen MR) is 56.7 cm³/mol. The molecule has 76 valence electrons. The normalized spacial score (nSPS) is 10.2. The van der Waals surface area contributed by atoms with Crippen molar-refractivity contribution in [3.8, 4) is 11.3 Å². The van der Waals surface area contributed by atoms with Crippen LogP contribution in [0.4, 0.5) is 5.69 Å². The van der Waals surface area contributed by atoms with E-state index in [4.69, 9.17) is 0 Å². The summed E-state index contributed by atoms with van der Waals surface area (Å²) in [6.45, 7) is 1.70. The second kappa shape index (κ2) is 3.74. The zero-order chi connectivity index (χ0) is 10.8. The van der Waals surface area contributed by atoms with Crippen LogP contribution < -0.4 is 0 Å². The average molecular weight is 221 g/mol. The summed E-state index contributed by atoms with van der Waals surface area (Å²) in [6.07, 6.45) is 2.85. The molecule has 0 spiro atoms. The zero-order valence-electron chi connectivity index (χ0n) is 7.88. The molecule has 0 amide bonds. The van der Waals surface area contributed by atoms with Gasteiger partial charge in [0, 0.05) is 22.7 Å². The van der Waals surface area contributed by atoms with E-state index in [-0.39, 0.29) is 5.69 Å². The van der Waals surface area contributed by atoms with Crippen molar-refractivity contribution >= 4 is 17.0 Å². The van der Waals surface area contributed by atoms with Crippen LogP contribution in [0.5, 0.6) is 0 Å². The molecule has 0 saturated carbocycles. The Labute approximate surface area is 89.6 Å². The molecule has 0 aliphatic carbocycles. The van der Waals surface area contributed by atoms with Crippen molar-refractivity contribution < 1.29 is 4.92 Å². The summed E-state index contributed by atoms with van der Waals surface area (Å²) >= 11 is 1.45. The largest absolute Gasteiger partial charge is 0.291 e. The first-order chi connectivity index (χ1) is 7.20. The second-order valence-corrected chi connectivity index (χ2v) is 3.68. The number of rotatable bonds is 2. The molecule has 0 aliphatic rings. The number of nitro groups is 1. The summed E-state index contributed by atoms with van der Waals surface area (Å²) in [5.41, 5.74) is 3.76. The van der Waals surface area contributed by atoms with Crippen molar-refractivity contribution in [1.82, 2.24) is 9.97 Å². The van der Waals surface area contributed by atoms with Crippen LogP contribution in [-0.4, -0.2) is 14.9 Å². The Morgan fingerprint density at radius 1 is 1.47 bits per heavy atom. The van der Waals surface area contributed by atoms with Gasteiger partial charge < -0.3 is 0 Å². The molecule has 15 heavy (non-hydrogen) atoms. The van der Waals surface area contributed by atoms with Crippen molar-refractivity contribution in [1.29, 1.82) is 0 Å². The molecule has 2 aromatic rings. The maximum atomic E-state index is 10.7. The molecule has 0 atom stereocenters. The third-order valence-electron chi connectivity index (χ3n) is 2.09. The fourth-order valence-corrected chi connectivity index (χ4v) is 1.85. The minimum absolute atomic E-state index is 0.0282. The lowest BCUT2D eigenvalue weighted by atomic mass is 10.1. The van der Waals surface area contributed by atoms with E-state index in [2.05, 4.69) is 9.97 Å². The van der Waals surface area contributed by atoms with E-state index in [1.165, 1.54) is 17.5 Å². The van der Waals surface area contributed by atoms with Crippen LogP contribution in [0.15, 0.2) is 23.3 Å². The molecule has 2 heterocycles. The molecule has 0 bridgehead atoms. The fraction of sp³-hybridized carbons (Fsp3) is 0.111. The Morgan fingerprint density at radius 3 is 2.87 bits per heavy atom. The van der Waals surface area contributed by atoms with E-state index >= 15 is 0 Å². The third-order valence-corrected chi connectivity index (χ3v) is 2.68. The molecular weight excluding hydrogens is 214 g/mol. The number of nitrogens with zero attached hydrogens (tertiary/aromatic N) is 3. The average Bonchev–Trinajstić information content (AvgIpc) is 2.70. The van der Waals surface area contributed by atoms with Crippen molar-refractivity contribution in [2.45, 2.75) is 6.92 Å². The Bertz CT molecular complexity index is 496. The van der Waals surface area contributed by atoms with E-state index in [9.17, 15) is 10.1 Å². The fourth-order valence-electron chi connectivity index (χ4n) is 1.30. The Hall–Kier alpha value is -1.82. The van der Waals surface area contributed by atoms with Crippen molar-refractivity contribution in [3.63, 3.8) is 0 Å². The summed E-state index contributed by atoms with van der Waals surface area (Å²) in [5, 5.41) is 12.5. The summed E-state index contributed by atoms with van der Waals surface area (Å²) in [5.74, 6) is 0. The molecule has 6 heteroatoms. The van der Waals surface area contributed by atoms with E-state index < -0.39 is 4.92 Å². The van der Waals surface area contributed by atoms with Gasteiger partial charge in [-0.05, 0) is 6.92 Å². The molecule has 0 saturated heterocycles. The number of hydrogen-bond acceptors (Lipinski definition) is 5. The van der Waals surface area contributed by atoms with E-state index in [1.54, 1.807) is 18.6 Å². The molecule has 0 N–H and O–H groups in total. The Morgan fingerprint density at radius 2 is 2.27 bits per heavy atom. The molecule has 2 aromatic heterocycles. The Balaban J connectivity index is 2.59. The first kappa shape index (κ1) is 9.72. The third kappa shape index (κ3) is 1.71. The maximum absolute atomic E-state index is 10.7. The van der Waals surface area contributed by atoms with Gasteiger partial charge in [0.2, 0.25) is 0 Å². The van der Waals surface area contributed by atoms with Crippen LogP contribution in [0.25, 0.3) is 11.3 Å². The van der Waals surface area contributed by atoms with Crippen LogP contribution in [0.2, 0.25) is 0 Å². The molecule has 2 rings (SSSR count). The summed E-state index contributed by atoms with van der Waals surface area (Å²) in [4.78, 5) is 18.2. The highest BCUT2D eigenvalue weighted by Gasteiger charge is 2.15. The highest BCUT2D eigenvalue weighted by atomic mass is 32.1. The SMILES string of the molecule is Cc1c(-c2cscn2)cncc1[N+](=O)[O-]. The van der Waals surface area contributed by atoms with Gasteiger partial charge in [-0.3, -0.25) is 15.1 Å². The lowest BCUT2D eigenvalue weighted by Crippen LogP contribution is -1.95. The quantitative estimate of drug-likeness (QED) is 0.576. The monoisotopic (exact) mass is 221 g/mol. The highest BCUT2D eigenvalue weighted by Crippen LogP contribution is 2.27. The second-order valence-electron chi connectivity index (χ2n) is 2.96. The highest BCUT2D eigenvalue weighted by molar-refractivity contribution is 7.07. The molecule has 0 radical (unpaired) electrons. The minimum Gasteiger partial charge on any atom is -0.258 e. The van der Waals surface area contributed by atoms with Crippen LogP contribution >= 0.6 is 11.3 Å². The predicted octanol–water partition coefficient (Wildman–Crippen LogP) is 2.42. The molecule has 0 unspecified atom stereocenters. The van der Waals surface area contributed by atoms with Gasteiger partial charge in [0.1, 0.15) is 6.20 Å². The summed E-state index contributed by atoms with van der Waals surface area (Å²) < 4.78 is 0. The van der Waals surface area contributed by atoms with E-state index in [0.717, 1.165) is 5.69 Å². The van der Waals surface area contributed by atoms with Gasteiger partial charge in [0.25, 0.3) is 5.69 Å². The first-order valence-corrected chi connectivity index (χ1v) is 5.12. The summed E-state index contributed by atoms with van der Waals surface area (Å²) in [7, 11) is 0. The van der Waals surface area contributed by atoms with Gasteiger partial charge in [-0.15, -0.1) is 11.3 Å². The molecule has 0 aliphatic heterocycles. The van der Waals surface area contributed by atoms with Gasteiger partial charge in [0.15, 0.2) is 0 Å². The zero-order valence-corrected chi connectivity index (χ0v) is 8.69. The lowest BCUT2D eigenvalue weighted by molar-refractivity contribution is -0.385. The Kier molecular flexibility index (Phi) is 2.42. The van der Waals surface area contributed by atoms with Crippen molar-refractivity contribution in [3.05, 3.63) is 39.0 Å². The van der Waals surface area contributed by atoms with Gasteiger partial charge in [0.05, 0.1) is 16.1 Å². The van der Waals surface area contributed by atoms with Gasteiger partial charge in [-0.2, -0.15) is 0 Å². The number of pyridine rings is 1. The first-order valence-electron chi connectivity index (χ1n) is 4.17. The van der Waals surface area contributed by atoms with Crippen molar-refractivity contribution in [2.75, 3.05) is 0 Å². The number of hydrogen-bond donors (Lipinski definition) is 0. The summed E-state index contributed by atoms with van der Waals surface area (Å²) in [6, 6.07) is 0. The number of aromatic nitrogens is 2. The van der Waals surface area contributed by atoms with Gasteiger partial charge in [-0.25, -0.2) is 4.98 Å². The van der Waals surface area contributed by atoms with Crippen LogP contribution in [0.3, 0.4) is 0 Å². The van der Waals surface area contributed by atoms with E-state index in [1.807, 2.05) is 5.38 Å². The van der Waals surface area contributed by atoms with Crippen LogP contribution in [0.1, 0.15) is 5.56 Å². The topological polar surface area (TPSA) is 68.9 Å². The maximum Gasteiger partial charge on any atom is 0.291 e. The molecule has 0 aromatic carbocycles. The standard InChI is InChI=1S/C9H7N3O2S/c1-6-7(8-4-15-5-11-8)2-10-3-9(6)12(13)14/h2-5H,1H3. The van der Waals surface area contributed by atoms with Gasteiger partial charge >= 0.3 is 0 Å². The minimum atomic E-state index is -0.432. The van der Waals surface area contributed by atoms with Crippen molar-refractivity contribution in [2.24, 2.45) is 0 Å². The van der Waals surface area contributed by atoms with Crippen LogP contribution in [0, 0.1) is 17.0 Å². The van der Waals surface area contributed by atoms with E-state index in [0.29, 0.717) is 11.1 Å². The van der Waals surface area contributed by atoms with Gasteiger partial charge in [-0.1, -0.05) is 0 Å². The van der Waals surface area contributed by atoms with Crippen LogP contribution in [-0.2, 0) is 0 Å². The molecular formula is C9H7N3O2S. The number of thiazole rings is 1. The molecule has 0 fully saturated rings. The molecule has 5 nitrogen and oxygen atoms in total. The smallest absolute Gasteiger partial charge is 0.258 e. The lowest BCUT2D eigenvalue weighted by Gasteiger charge is -2.01.